The predicted octanol–water partition coefficient (Wildman–Crippen LogP) is 2.88. The number of rotatable bonds is 5. The fourth-order valence-electron chi connectivity index (χ4n) is 7.04. The highest BCUT2D eigenvalue weighted by Crippen LogP contribution is 2.56. The molecular formula is C27H37NO6. The van der Waals surface area contributed by atoms with Gasteiger partial charge in [0.15, 0.2) is 11.5 Å². The number of hydrogen-bond donors (Lipinski definition) is 2. The maximum Gasteiger partial charge on any atom is 0.311 e. The molecule has 0 amide bonds. The summed E-state index contributed by atoms with van der Waals surface area (Å²) >= 11 is 0. The first-order valence-corrected chi connectivity index (χ1v) is 12.5. The molecule has 0 aromatic heterocycles. The molecule has 2 aliphatic heterocycles. The van der Waals surface area contributed by atoms with Gasteiger partial charge in [0.2, 0.25) is 0 Å². The third-order valence-electron chi connectivity index (χ3n) is 9.29. The van der Waals surface area contributed by atoms with E-state index in [1.807, 2.05) is 12.1 Å². The van der Waals surface area contributed by atoms with Gasteiger partial charge in [0, 0.05) is 30.8 Å². The second-order valence-corrected chi connectivity index (χ2v) is 10.6. The highest BCUT2D eigenvalue weighted by atomic mass is 16.6. The van der Waals surface area contributed by atoms with Crippen molar-refractivity contribution in [3.63, 3.8) is 0 Å². The topological polar surface area (TPSA) is 88.5 Å². The normalized spacial score (nSPS) is 37.2. The van der Waals surface area contributed by atoms with E-state index in [2.05, 4.69) is 24.8 Å². The van der Waals surface area contributed by atoms with E-state index in [0.29, 0.717) is 36.9 Å². The van der Waals surface area contributed by atoms with Crippen LogP contribution in [-0.2, 0) is 16.0 Å². The Morgan fingerprint density at radius 1 is 1.24 bits per heavy atom. The highest BCUT2D eigenvalue weighted by Gasteiger charge is 2.60. The van der Waals surface area contributed by atoms with Crippen molar-refractivity contribution >= 4 is 5.97 Å². The number of allylic oxidation sites excluding steroid dienone is 1. The number of fused-ring (bicyclic) bond motifs is 3. The number of carbonyl (C=O) groups excluding carboxylic acids is 1. The van der Waals surface area contributed by atoms with Crippen molar-refractivity contribution in [2.45, 2.75) is 57.8 Å². The molecule has 7 unspecified atom stereocenters. The molecular weight excluding hydrogens is 434 g/mol. The van der Waals surface area contributed by atoms with Crippen LogP contribution in [-0.4, -0.2) is 67.2 Å². The van der Waals surface area contributed by atoms with Crippen LogP contribution < -0.4 is 9.47 Å². The maximum atomic E-state index is 13.1. The molecule has 1 saturated carbocycles. The molecule has 2 aliphatic carbocycles. The quantitative estimate of drug-likeness (QED) is 0.504. The minimum Gasteiger partial charge on any atom is -0.493 e. The van der Waals surface area contributed by atoms with E-state index in [9.17, 15) is 15.0 Å². The van der Waals surface area contributed by atoms with Crippen molar-refractivity contribution < 1.29 is 29.2 Å². The summed E-state index contributed by atoms with van der Waals surface area (Å²) in [6, 6.07) is 3.67. The summed E-state index contributed by atoms with van der Waals surface area (Å²) in [6.07, 6.45) is 4.93. The fraction of sp³-hybridized carbons (Fsp3) is 0.667. The zero-order valence-electron chi connectivity index (χ0n) is 20.6. The van der Waals surface area contributed by atoms with Gasteiger partial charge in [-0.05, 0) is 48.4 Å². The van der Waals surface area contributed by atoms with E-state index < -0.39 is 12.0 Å². The molecule has 0 spiro atoms. The lowest BCUT2D eigenvalue weighted by Crippen LogP contribution is -2.55. The summed E-state index contributed by atoms with van der Waals surface area (Å²) in [4.78, 5) is 15.3. The Bertz CT molecular complexity index is 992. The van der Waals surface area contributed by atoms with Gasteiger partial charge in [0.1, 0.15) is 6.10 Å². The average Bonchev–Trinajstić information content (AvgIpc) is 3.14. The van der Waals surface area contributed by atoms with E-state index in [0.717, 1.165) is 30.4 Å². The maximum absolute atomic E-state index is 13.1. The Balaban J connectivity index is 1.43. The number of nitrogens with zero attached hydrogens (tertiary/aromatic N) is 1. The summed E-state index contributed by atoms with van der Waals surface area (Å²) in [5, 5.41) is 22.0. The third-order valence-corrected chi connectivity index (χ3v) is 9.29. The Morgan fingerprint density at radius 2 is 1.97 bits per heavy atom. The van der Waals surface area contributed by atoms with E-state index in [-0.39, 0.29) is 36.1 Å². The molecule has 0 radical (unpaired) electrons. The number of hydrogen-bond acceptors (Lipinski definition) is 7. The molecule has 1 saturated heterocycles. The van der Waals surface area contributed by atoms with E-state index in [1.165, 1.54) is 5.57 Å². The first-order chi connectivity index (χ1) is 16.3. The predicted molar refractivity (Wildman–Crippen MR) is 127 cm³/mol. The summed E-state index contributed by atoms with van der Waals surface area (Å²) in [6.45, 7) is 5.48. The molecule has 4 aliphatic rings. The van der Waals surface area contributed by atoms with Crippen molar-refractivity contribution in [1.82, 2.24) is 4.90 Å². The number of esters is 1. The Hall–Kier alpha value is -2.09. The number of benzene rings is 1. The van der Waals surface area contributed by atoms with Crippen molar-refractivity contribution in [3.05, 3.63) is 34.9 Å². The Morgan fingerprint density at radius 3 is 2.68 bits per heavy atom. The van der Waals surface area contributed by atoms with Crippen LogP contribution in [0.2, 0.25) is 0 Å². The lowest BCUT2D eigenvalue weighted by molar-refractivity contribution is -0.145. The standard InChI is InChI=1S/C27H37NO6/c1-15-6-5-7-17-11-23-24(25(30)27(15,17)2)19(26(31)34-23)13-28-9-8-16-10-21(32-3)22(33-4)12-18(16)20(28)14-29/h7,10,12,15,19-20,23-25,29-30H,5-6,8-9,11,13-14H2,1-4H3. The molecule has 7 atom stereocenters. The van der Waals surface area contributed by atoms with E-state index in [4.69, 9.17) is 14.2 Å². The van der Waals surface area contributed by atoms with Gasteiger partial charge in [0.05, 0.1) is 38.9 Å². The lowest BCUT2D eigenvalue weighted by atomic mass is 9.55. The Kier molecular flexibility index (Phi) is 6.15. The van der Waals surface area contributed by atoms with Gasteiger partial charge in [-0.25, -0.2) is 0 Å². The van der Waals surface area contributed by atoms with E-state index >= 15 is 0 Å². The zero-order chi connectivity index (χ0) is 24.2. The van der Waals surface area contributed by atoms with Gasteiger partial charge in [-0.15, -0.1) is 0 Å². The number of ether oxygens (including phenoxy) is 3. The minimum absolute atomic E-state index is 0.0669. The lowest BCUT2D eigenvalue weighted by Gasteiger charge is -2.52. The van der Waals surface area contributed by atoms with Crippen molar-refractivity contribution in [1.29, 1.82) is 0 Å². The van der Waals surface area contributed by atoms with Crippen molar-refractivity contribution in [2.75, 3.05) is 33.9 Å². The molecule has 0 bridgehead atoms. The van der Waals surface area contributed by atoms with Crippen molar-refractivity contribution in [2.24, 2.45) is 23.2 Å². The third kappa shape index (κ3) is 3.47. The van der Waals surface area contributed by atoms with Crippen molar-refractivity contribution in [3.8, 4) is 11.5 Å². The largest absolute Gasteiger partial charge is 0.493 e. The molecule has 186 valence electrons. The minimum atomic E-state index is -0.627. The summed E-state index contributed by atoms with van der Waals surface area (Å²) < 4.78 is 16.8. The fourth-order valence-corrected chi connectivity index (χ4v) is 7.04. The molecule has 7 nitrogen and oxygen atoms in total. The molecule has 5 rings (SSSR count). The summed E-state index contributed by atoms with van der Waals surface area (Å²) in [5.41, 5.74) is 3.04. The molecule has 2 fully saturated rings. The second-order valence-electron chi connectivity index (χ2n) is 10.6. The average molecular weight is 472 g/mol. The highest BCUT2D eigenvalue weighted by molar-refractivity contribution is 5.76. The van der Waals surface area contributed by atoms with Gasteiger partial charge in [-0.2, -0.15) is 0 Å². The van der Waals surface area contributed by atoms with Gasteiger partial charge >= 0.3 is 5.97 Å². The summed E-state index contributed by atoms with van der Waals surface area (Å²) in [7, 11) is 3.22. The van der Waals surface area contributed by atoms with Crippen LogP contribution >= 0.6 is 0 Å². The van der Waals surface area contributed by atoms with Crippen LogP contribution in [0.1, 0.15) is 50.3 Å². The smallest absolute Gasteiger partial charge is 0.311 e. The zero-order valence-corrected chi connectivity index (χ0v) is 20.6. The van der Waals surface area contributed by atoms with E-state index in [1.54, 1.807) is 14.2 Å². The number of aliphatic hydroxyl groups is 2. The molecule has 2 N–H and O–H groups in total. The first kappa shape index (κ1) is 23.6. The van der Waals surface area contributed by atoms with Gasteiger partial charge in [-0.1, -0.05) is 25.5 Å². The number of methoxy groups -OCH3 is 2. The Labute approximate surface area is 201 Å². The van der Waals surface area contributed by atoms with Crippen LogP contribution in [0.3, 0.4) is 0 Å². The van der Waals surface area contributed by atoms with Crippen LogP contribution in [0.5, 0.6) is 11.5 Å². The molecule has 7 heteroatoms. The molecule has 34 heavy (non-hydrogen) atoms. The molecule has 2 heterocycles. The summed E-state index contributed by atoms with van der Waals surface area (Å²) in [5.74, 6) is 0.791. The second kappa shape index (κ2) is 8.85. The number of carbonyl (C=O) groups is 1. The molecule has 1 aromatic rings. The van der Waals surface area contributed by atoms with Crippen LogP contribution in [0.15, 0.2) is 23.8 Å². The van der Waals surface area contributed by atoms with Crippen LogP contribution in [0, 0.1) is 23.2 Å². The van der Waals surface area contributed by atoms with Crippen LogP contribution in [0.25, 0.3) is 0 Å². The van der Waals surface area contributed by atoms with Gasteiger partial charge in [0.25, 0.3) is 0 Å². The SMILES string of the molecule is COc1cc2c(cc1OC)C(CO)N(CC1C(=O)OC3CC4=CCCC(C)C4(C)C(O)C31)CC2. The van der Waals surface area contributed by atoms with Crippen LogP contribution in [0.4, 0.5) is 0 Å². The van der Waals surface area contributed by atoms with Gasteiger partial charge in [-0.3, -0.25) is 9.69 Å². The molecule has 1 aromatic carbocycles. The number of aliphatic hydroxyl groups excluding tert-OH is 2. The van der Waals surface area contributed by atoms with Gasteiger partial charge < -0.3 is 24.4 Å². The first-order valence-electron chi connectivity index (χ1n) is 12.5. The monoisotopic (exact) mass is 471 g/mol.